The molecule has 1 fully saturated rings. The zero-order chi connectivity index (χ0) is 19.6. The molecule has 1 aromatic carbocycles. The van der Waals surface area contributed by atoms with Crippen molar-refractivity contribution < 1.29 is 22.8 Å². The number of rotatable bonds is 5. The van der Waals surface area contributed by atoms with Crippen molar-refractivity contribution in [2.45, 2.75) is 32.2 Å². The predicted octanol–water partition coefficient (Wildman–Crippen LogP) is 3.03. The number of nitrogens with one attached hydrogen (secondary N) is 3. The van der Waals surface area contributed by atoms with Crippen LogP contribution in [0, 0.1) is 5.82 Å². The van der Waals surface area contributed by atoms with Gasteiger partial charge in [-0.2, -0.15) is 8.78 Å². The lowest BCUT2D eigenvalue weighted by Gasteiger charge is -2.18. The number of anilines is 1. The van der Waals surface area contributed by atoms with Crippen molar-refractivity contribution >= 4 is 29.4 Å². The number of hydrazine groups is 1. The van der Waals surface area contributed by atoms with Crippen LogP contribution in [0.4, 0.5) is 19.1 Å². The minimum atomic E-state index is -3.25. The lowest BCUT2D eigenvalue weighted by Crippen LogP contribution is -2.44. The Morgan fingerprint density at radius 2 is 1.79 bits per heavy atom. The summed E-state index contributed by atoms with van der Waals surface area (Å²) in [5.74, 6) is -2.78. The Labute approximate surface area is 163 Å². The molecule has 1 saturated carbocycles. The maximum Gasteiger partial charge on any atom is 0.317 e. The van der Waals surface area contributed by atoms with Gasteiger partial charge in [0, 0.05) is 23.0 Å². The van der Waals surface area contributed by atoms with Gasteiger partial charge < -0.3 is 5.32 Å². The topological polar surface area (TPSA) is 96.0 Å². The quantitative estimate of drug-likeness (QED) is 0.652. The summed E-state index contributed by atoms with van der Waals surface area (Å²) in [6.07, 6.45) is 0.366. The Kier molecular flexibility index (Phi) is 6.45. The molecule has 1 aromatic heterocycles. The first kappa shape index (κ1) is 21.4. The summed E-state index contributed by atoms with van der Waals surface area (Å²) in [7, 11) is 0. The average molecular weight is 416 g/mol. The number of halogens is 4. The van der Waals surface area contributed by atoms with E-state index in [2.05, 4.69) is 15.3 Å². The molecule has 7 nitrogen and oxygen atoms in total. The second-order valence-electron chi connectivity index (χ2n) is 5.87. The standard InChI is InChI=1S/C16H13ClF3N5O2.CH4/c17-9-1-2-10(11(18)5-9)16(3-4-16)23-15-21-6-8(7-22-15)13(26)24-25-14(27)12(19)20;/h1-2,5-7,12H,3-4H2,(H,24,26)(H,25,27)(H,21,22,23);1H4. The van der Waals surface area contributed by atoms with Crippen molar-refractivity contribution in [3.63, 3.8) is 0 Å². The maximum atomic E-state index is 14.2. The van der Waals surface area contributed by atoms with Gasteiger partial charge in [0.05, 0.1) is 11.1 Å². The van der Waals surface area contributed by atoms with E-state index < -0.39 is 29.6 Å². The molecule has 3 N–H and O–H groups in total. The number of amides is 2. The Hall–Kier alpha value is -2.88. The first-order valence-corrected chi connectivity index (χ1v) is 8.13. The van der Waals surface area contributed by atoms with Gasteiger partial charge in [-0.1, -0.05) is 25.1 Å². The number of hydrogen-bond acceptors (Lipinski definition) is 5. The zero-order valence-corrected chi connectivity index (χ0v) is 14.4. The highest BCUT2D eigenvalue weighted by atomic mass is 35.5. The van der Waals surface area contributed by atoms with Gasteiger partial charge in [-0.15, -0.1) is 0 Å². The van der Waals surface area contributed by atoms with E-state index >= 15 is 0 Å². The molecular weight excluding hydrogens is 399 g/mol. The fourth-order valence-corrected chi connectivity index (χ4v) is 2.59. The van der Waals surface area contributed by atoms with Crippen LogP contribution in [0.15, 0.2) is 30.6 Å². The molecule has 11 heteroatoms. The molecular formula is C17H17ClF3N5O2. The van der Waals surface area contributed by atoms with Crippen molar-refractivity contribution in [1.82, 2.24) is 20.8 Å². The summed E-state index contributed by atoms with van der Waals surface area (Å²) >= 11 is 5.77. The fourth-order valence-electron chi connectivity index (χ4n) is 2.43. The van der Waals surface area contributed by atoms with Crippen LogP contribution in [-0.2, 0) is 10.3 Å². The number of benzene rings is 1. The minimum Gasteiger partial charge on any atom is -0.345 e. The number of hydrogen-bond donors (Lipinski definition) is 3. The molecule has 3 rings (SSSR count). The van der Waals surface area contributed by atoms with Gasteiger partial charge >= 0.3 is 12.3 Å². The van der Waals surface area contributed by atoms with E-state index in [-0.39, 0.29) is 24.0 Å². The van der Waals surface area contributed by atoms with E-state index in [4.69, 9.17) is 11.6 Å². The normalized spacial score (nSPS) is 14.0. The third-order valence-electron chi connectivity index (χ3n) is 3.96. The number of alkyl halides is 2. The SMILES string of the molecule is C.O=C(NNC(=O)C(F)F)c1cnc(NC2(c3ccc(Cl)cc3F)CC2)nc1. The molecule has 0 aliphatic heterocycles. The number of carbonyl (C=O) groups excluding carboxylic acids is 2. The molecule has 0 saturated heterocycles. The third-order valence-corrected chi connectivity index (χ3v) is 4.19. The molecule has 2 aromatic rings. The van der Waals surface area contributed by atoms with Gasteiger partial charge in [0.2, 0.25) is 5.95 Å². The molecule has 0 bridgehead atoms. The third kappa shape index (κ3) is 4.69. The molecule has 0 spiro atoms. The molecule has 1 aliphatic rings. The van der Waals surface area contributed by atoms with Crippen molar-refractivity contribution in [2.24, 2.45) is 0 Å². The van der Waals surface area contributed by atoms with Crippen molar-refractivity contribution in [3.8, 4) is 0 Å². The lowest BCUT2D eigenvalue weighted by atomic mass is 10.0. The van der Waals surface area contributed by atoms with Crippen LogP contribution in [0.25, 0.3) is 0 Å². The molecule has 1 heterocycles. The Balaban J connectivity index is 0.00000280. The summed E-state index contributed by atoms with van der Waals surface area (Å²) in [5, 5.41) is 3.32. The summed E-state index contributed by atoms with van der Waals surface area (Å²) < 4.78 is 38.3. The summed E-state index contributed by atoms with van der Waals surface area (Å²) in [5.41, 5.74) is 3.11. The van der Waals surface area contributed by atoms with Gasteiger partial charge in [0.1, 0.15) is 5.82 Å². The van der Waals surface area contributed by atoms with Gasteiger partial charge in [-0.25, -0.2) is 14.4 Å². The van der Waals surface area contributed by atoms with Gasteiger partial charge in [0.15, 0.2) is 0 Å². The number of aromatic nitrogens is 2. The first-order chi connectivity index (χ1) is 12.8. The summed E-state index contributed by atoms with van der Waals surface area (Å²) in [4.78, 5) is 30.4. The monoisotopic (exact) mass is 415 g/mol. The van der Waals surface area contributed by atoms with E-state index in [1.165, 1.54) is 6.07 Å². The van der Waals surface area contributed by atoms with E-state index in [9.17, 15) is 22.8 Å². The largest absolute Gasteiger partial charge is 0.345 e. The molecule has 0 radical (unpaired) electrons. The highest BCUT2D eigenvalue weighted by Gasteiger charge is 2.46. The van der Waals surface area contributed by atoms with Crippen LogP contribution in [0.3, 0.4) is 0 Å². The van der Waals surface area contributed by atoms with E-state index in [1.807, 2.05) is 5.43 Å². The van der Waals surface area contributed by atoms with Gasteiger partial charge in [-0.3, -0.25) is 20.4 Å². The van der Waals surface area contributed by atoms with E-state index in [0.29, 0.717) is 18.4 Å². The lowest BCUT2D eigenvalue weighted by molar-refractivity contribution is -0.132. The Morgan fingerprint density at radius 3 is 2.32 bits per heavy atom. The van der Waals surface area contributed by atoms with E-state index in [0.717, 1.165) is 12.4 Å². The predicted molar refractivity (Wildman–Crippen MR) is 96.3 cm³/mol. The summed E-state index contributed by atoms with van der Waals surface area (Å²) in [6.45, 7) is 0. The van der Waals surface area contributed by atoms with Crippen LogP contribution >= 0.6 is 11.6 Å². The van der Waals surface area contributed by atoms with Crippen LogP contribution in [-0.4, -0.2) is 28.2 Å². The molecule has 150 valence electrons. The Morgan fingerprint density at radius 1 is 1.14 bits per heavy atom. The average Bonchev–Trinajstić information content (AvgIpc) is 3.40. The maximum absolute atomic E-state index is 14.2. The second kappa shape index (κ2) is 8.42. The smallest absolute Gasteiger partial charge is 0.317 e. The Bertz CT molecular complexity index is 876. The van der Waals surface area contributed by atoms with Crippen LogP contribution in [0.2, 0.25) is 5.02 Å². The second-order valence-corrected chi connectivity index (χ2v) is 6.31. The minimum absolute atomic E-state index is 0. The number of carbonyl (C=O) groups is 2. The zero-order valence-electron chi connectivity index (χ0n) is 13.6. The van der Waals surface area contributed by atoms with Crippen LogP contribution < -0.4 is 16.2 Å². The van der Waals surface area contributed by atoms with Crippen molar-refractivity contribution in [1.29, 1.82) is 0 Å². The molecule has 0 atom stereocenters. The molecule has 28 heavy (non-hydrogen) atoms. The van der Waals surface area contributed by atoms with Crippen molar-refractivity contribution in [3.05, 3.63) is 52.6 Å². The molecule has 0 unspecified atom stereocenters. The van der Waals surface area contributed by atoms with Gasteiger partial charge in [0.25, 0.3) is 5.91 Å². The fraction of sp³-hybridized carbons (Fsp3) is 0.294. The number of nitrogens with zero attached hydrogens (tertiary/aromatic N) is 2. The van der Waals surface area contributed by atoms with E-state index in [1.54, 1.807) is 17.6 Å². The van der Waals surface area contributed by atoms with Crippen LogP contribution in [0.1, 0.15) is 36.2 Å². The summed E-state index contributed by atoms with van der Waals surface area (Å²) in [6, 6.07) is 4.40. The van der Waals surface area contributed by atoms with Gasteiger partial charge in [-0.05, 0) is 25.0 Å². The van der Waals surface area contributed by atoms with Crippen LogP contribution in [0.5, 0.6) is 0 Å². The highest BCUT2D eigenvalue weighted by molar-refractivity contribution is 6.30. The first-order valence-electron chi connectivity index (χ1n) is 7.75. The highest BCUT2D eigenvalue weighted by Crippen LogP contribution is 2.48. The molecule has 2 amide bonds. The molecule has 1 aliphatic carbocycles. The van der Waals surface area contributed by atoms with Crippen molar-refractivity contribution in [2.75, 3.05) is 5.32 Å².